The zero-order valence-corrected chi connectivity index (χ0v) is 12.8. The number of hydrogen-bond acceptors (Lipinski definition) is 4. The molecule has 1 atom stereocenters. The highest BCUT2D eigenvalue weighted by Gasteiger charge is 2.23. The van der Waals surface area contributed by atoms with Crippen LogP contribution in [-0.2, 0) is 4.74 Å². The molecule has 0 aliphatic rings. The fourth-order valence-electron chi connectivity index (χ4n) is 2.52. The van der Waals surface area contributed by atoms with E-state index in [9.17, 15) is 9.18 Å². The molecule has 2 heterocycles. The fraction of sp³-hybridized carbons (Fsp3) is 0.188. The topological polar surface area (TPSA) is 89.3 Å². The molecule has 0 unspecified atom stereocenters. The third-order valence-electron chi connectivity index (χ3n) is 3.46. The van der Waals surface area contributed by atoms with Crippen molar-refractivity contribution in [3.05, 3.63) is 54.2 Å². The van der Waals surface area contributed by atoms with Crippen LogP contribution in [-0.4, -0.2) is 39.5 Å². The van der Waals surface area contributed by atoms with Crippen LogP contribution in [0.2, 0.25) is 0 Å². The molecule has 0 aliphatic carbocycles. The molecule has 124 valence electrons. The lowest BCUT2D eigenvalue weighted by molar-refractivity contribution is 0.149. The first-order valence-electron chi connectivity index (χ1n) is 7.18. The Kier molecular flexibility index (Phi) is 4.39. The van der Waals surface area contributed by atoms with Crippen molar-refractivity contribution in [2.24, 2.45) is 0 Å². The fourth-order valence-corrected chi connectivity index (χ4v) is 2.52. The van der Waals surface area contributed by atoms with Gasteiger partial charge in [-0.05, 0) is 24.3 Å². The maximum absolute atomic E-state index is 13.7. The summed E-state index contributed by atoms with van der Waals surface area (Å²) in [5, 5.41) is 11.4. The first-order valence-corrected chi connectivity index (χ1v) is 7.18. The van der Waals surface area contributed by atoms with Crippen LogP contribution in [0.25, 0.3) is 16.9 Å². The van der Waals surface area contributed by atoms with Gasteiger partial charge in [0.2, 0.25) is 0 Å². The summed E-state index contributed by atoms with van der Waals surface area (Å²) in [4.78, 5) is 19.8. The van der Waals surface area contributed by atoms with E-state index in [4.69, 9.17) is 9.84 Å². The van der Waals surface area contributed by atoms with Gasteiger partial charge in [-0.15, -0.1) is 0 Å². The normalized spacial score (nSPS) is 12.2. The largest absolute Gasteiger partial charge is 0.465 e. The highest BCUT2D eigenvalue weighted by molar-refractivity contribution is 5.78. The summed E-state index contributed by atoms with van der Waals surface area (Å²) >= 11 is 0. The van der Waals surface area contributed by atoms with Gasteiger partial charge in [-0.1, -0.05) is 6.07 Å². The molecule has 3 rings (SSSR count). The van der Waals surface area contributed by atoms with Gasteiger partial charge in [0.25, 0.3) is 0 Å². The van der Waals surface area contributed by atoms with E-state index in [0.29, 0.717) is 22.7 Å². The number of aromatic nitrogens is 3. The van der Waals surface area contributed by atoms with E-state index in [1.54, 1.807) is 29.0 Å². The number of ether oxygens (including phenoxy) is 1. The van der Waals surface area contributed by atoms with E-state index in [1.807, 2.05) is 0 Å². The number of nitrogens with zero attached hydrogens (tertiary/aromatic N) is 3. The summed E-state index contributed by atoms with van der Waals surface area (Å²) in [6.45, 7) is 0.0743. The van der Waals surface area contributed by atoms with Gasteiger partial charge in [0.15, 0.2) is 0 Å². The van der Waals surface area contributed by atoms with E-state index in [-0.39, 0.29) is 6.61 Å². The standard InChI is InChI=1S/C16H15FN4O3/c1-24-9-12(20-16(22)23)15-19-11-6-5-10(17)8-13(11)21(15)14-4-2-3-7-18-14/h2-8,12,20H,9H2,1H3,(H,22,23)/t12-/m0/s1. The first kappa shape index (κ1) is 15.9. The maximum Gasteiger partial charge on any atom is 0.405 e. The van der Waals surface area contributed by atoms with E-state index < -0.39 is 18.0 Å². The quantitative estimate of drug-likeness (QED) is 0.750. The van der Waals surface area contributed by atoms with Crippen molar-refractivity contribution in [1.82, 2.24) is 19.9 Å². The number of nitrogens with one attached hydrogen (secondary N) is 1. The lowest BCUT2D eigenvalue weighted by atomic mass is 10.3. The summed E-state index contributed by atoms with van der Waals surface area (Å²) in [5.41, 5.74) is 1.03. The summed E-state index contributed by atoms with van der Waals surface area (Å²) in [6.07, 6.45) is 0.392. The summed E-state index contributed by atoms with van der Waals surface area (Å²) in [6, 6.07) is 8.73. The molecule has 7 nitrogen and oxygen atoms in total. The molecule has 2 aromatic heterocycles. The lowest BCUT2D eigenvalue weighted by Crippen LogP contribution is -2.32. The number of halogens is 1. The summed E-state index contributed by atoms with van der Waals surface area (Å²) in [5.74, 6) is 0.466. The smallest absolute Gasteiger partial charge is 0.405 e. The van der Waals surface area contributed by atoms with Crippen molar-refractivity contribution in [2.45, 2.75) is 6.04 Å². The molecule has 1 aromatic carbocycles. The Balaban J connectivity index is 2.24. The van der Waals surface area contributed by atoms with Crippen LogP contribution in [0.1, 0.15) is 11.9 Å². The van der Waals surface area contributed by atoms with Gasteiger partial charge < -0.3 is 15.2 Å². The second kappa shape index (κ2) is 6.63. The average Bonchev–Trinajstić information content (AvgIpc) is 2.93. The minimum Gasteiger partial charge on any atom is -0.465 e. The second-order valence-electron chi connectivity index (χ2n) is 5.08. The molecule has 0 saturated carbocycles. The summed E-state index contributed by atoms with van der Waals surface area (Å²) in [7, 11) is 1.46. The van der Waals surface area contributed by atoms with Crippen molar-refractivity contribution in [3.8, 4) is 5.82 Å². The van der Waals surface area contributed by atoms with E-state index in [2.05, 4.69) is 15.3 Å². The Bertz CT molecular complexity index is 866. The van der Waals surface area contributed by atoms with Crippen LogP contribution in [0.3, 0.4) is 0 Å². The molecule has 1 amide bonds. The highest BCUT2D eigenvalue weighted by Crippen LogP contribution is 2.25. The van der Waals surface area contributed by atoms with Crippen molar-refractivity contribution < 1.29 is 19.0 Å². The van der Waals surface area contributed by atoms with Gasteiger partial charge in [0.1, 0.15) is 23.5 Å². The second-order valence-corrected chi connectivity index (χ2v) is 5.08. The van der Waals surface area contributed by atoms with E-state index in [0.717, 1.165) is 0 Å². The Labute approximate surface area is 136 Å². The number of carboxylic acid groups (broad SMARTS) is 1. The van der Waals surface area contributed by atoms with E-state index in [1.165, 1.54) is 25.3 Å². The van der Waals surface area contributed by atoms with Crippen molar-refractivity contribution in [3.63, 3.8) is 0 Å². The van der Waals surface area contributed by atoms with Crippen LogP contribution in [0.5, 0.6) is 0 Å². The Morgan fingerprint density at radius 3 is 2.92 bits per heavy atom. The van der Waals surface area contributed by atoms with Crippen LogP contribution in [0.15, 0.2) is 42.6 Å². The van der Waals surface area contributed by atoms with Crippen LogP contribution in [0, 0.1) is 5.82 Å². The first-order chi connectivity index (χ1) is 11.6. The van der Waals surface area contributed by atoms with Crippen molar-refractivity contribution >= 4 is 17.1 Å². The molecule has 0 bridgehead atoms. The lowest BCUT2D eigenvalue weighted by Gasteiger charge is -2.17. The number of imidazole rings is 1. The Morgan fingerprint density at radius 1 is 1.42 bits per heavy atom. The number of amides is 1. The molecule has 3 aromatic rings. The zero-order chi connectivity index (χ0) is 17.1. The number of benzene rings is 1. The highest BCUT2D eigenvalue weighted by atomic mass is 19.1. The minimum atomic E-state index is -1.21. The van der Waals surface area contributed by atoms with E-state index >= 15 is 0 Å². The van der Waals surface area contributed by atoms with Crippen molar-refractivity contribution in [2.75, 3.05) is 13.7 Å². The maximum atomic E-state index is 13.7. The predicted molar refractivity (Wildman–Crippen MR) is 84.6 cm³/mol. The summed E-state index contributed by atoms with van der Waals surface area (Å²) < 4.78 is 20.4. The number of carbonyl (C=O) groups is 1. The molecule has 2 N–H and O–H groups in total. The monoisotopic (exact) mass is 330 g/mol. The van der Waals surface area contributed by atoms with Gasteiger partial charge >= 0.3 is 6.09 Å². The molecule has 24 heavy (non-hydrogen) atoms. The van der Waals surface area contributed by atoms with Crippen LogP contribution in [0.4, 0.5) is 9.18 Å². The van der Waals surface area contributed by atoms with Gasteiger partial charge in [0.05, 0.1) is 17.6 Å². The average molecular weight is 330 g/mol. The molecule has 0 radical (unpaired) electrons. The number of hydrogen-bond donors (Lipinski definition) is 2. The van der Waals surface area contributed by atoms with Gasteiger partial charge in [-0.3, -0.25) is 4.57 Å². The molecular weight excluding hydrogens is 315 g/mol. The molecule has 0 saturated heterocycles. The molecule has 0 fully saturated rings. The van der Waals surface area contributed by atoms with Gasteiger partial charge in [-0.2, -0.15) is 0 Å². The van der Waals surface area contributed by atoms with Crippen LogP contribution >= 0.6 is 0 Å². The Hall–Kier alpha value is -3.00. The van der Waals surface area contributed by atoms with Gasteiger partial charge in [0, 0.05) is 19.4 Å². The molecule has 8 heteroatoms. The zero-order valence-electron chi connectivity index (χ0n) is 12.8. The minimum absolute atomic E-state index is 0.0743. The third-order valence-corrected chi connectivity index (χ3v) is 3.46. The number of rotatable bonds is 5. The Morgan fingerprint density at radius 2 is 2.25 bits per heavy atom. The SMILES string of the molecule is COC[C@H](NC(=O)O)c1nc2ccc(F)cc2n1-c1ccccn1. The van der Waals surface area contributed by atoms with Crippen LogP contribution < -0.4 is 5.32 Å². The van der Waals surface area contributed by atoms with Crippen molar-refractivity contribution in [1.29, 1.82) is 0 Å². The number of methoxy groups -OCH3 is 1. The van der Waals surface area contributed by atoms with Gasteiger partial charge in [-0.25, -0.2) is 19.2 Å². The molecule has 0 aliphatic heterocycles. The number of fused-ring (bicyclic) bond motifs is 1. The third kappa shape index (κ3) is 3.04. The molecular formula is C16H15FN4O3. The number of pyridine rings is 1. The molecule has 0 spiro atoms. The predicted octanol–water partition coefficient (Wildman–Crippen LogP) is 2.51.